The van der Waals surface area contributed by atoms with Gasteiger partial charge in [-0.25, -0.2) is 4.39 Å². The molecule has 0 aliphatic carbocycles. The molecule has 2 unspecified atom stereocenters. The van der Waals surface area contributed by atoms with E-state index in [2.05, 4.69) is 0 Å². The first kappa shape index (κ1) is 10.9. The highest BCUT2D eigenvalue weighted by Crippen LogP contribution is 2.16. The van der Waals surface area contributed by atoms with Crippen molar-refractivity contribution in [3.8, 4) is 0 Å². The molecule has 0 spiro atoms. The van der Waals surface area contributed by atoms with E-state index in [0.717, 1.165) is 6.42 Å². The molecule has 0 radical (unpaired) electrons. The van der Waals surface area contributed by atoms with Crippen molar-refractivity contribution in [1.82, 2.24) is 0 Å². The zero-order chi connectivity index (χ0) is 8.69. The van der Waals surface area contributed by atoms with E-state index in [0.29, 0.717) is 19.3 Å². The molecule has 68 valence electrons. The fourth-order valence-electron chi connectivity index (χ4n) is 1.17. The molecule has 0 N–H and O–H groups in total. The van der Waals surface area contributed by atoms with E-state index in [1.165, 1.54) is 0 Å². The molecule has 0 rings (SSSR count). The lowest BCUT2D eigenvalue weighted by atomic mass is 9.99. The Labute approximate surface area is 68.0 Å². The van der Waals surface area contributed by atoms with Crippen LogP contribution in [-0.4, -0.2) is 12.8 Å². The summed E-state index contributed by atoms with van der Waals surface area (Å²) >= 11 is 0. The van der Waals surface area contributed by atoms with Crippen LogP contribution in [-0.2, 0) is 0 Å². The van der Waals surface area contributed by atoms with E-state index < -0.39 is 6.17 Å². The lowest BCUT2D eigenvalue weighted by molar-refractivity contribution is 0.245. The van der Waals surface area contributed by atoms with Gasteiger partial charge in [0.15, 0.2) is 0 Å². The van der Waals surface area contributed by atoms with Crippen LogP contribution < -0.4 is 0 Å². The van der Waals surface area contributed by atoms with Crippen LogP contribution in [0.2, 0.25) is 0 Å². The Hall–Kier alpha value is -0.140. The number of hydrogen-bond acceptors (Lipinski definition) is 0. The number of halogens is 2. The average molecular weight is 164 g/mol. The Morgan fingerprint density at radius 2 is 1.91 bits per heavy atom. The molecule has 0 heterocycles. The molecule has 2 atom stereocenters. The van der Waals surface area contributed by atoms with Gasteiger partial charge < -0.3 is 0 Å². The minimum Gasteiger partial charge on any atom is -0.251 e. The molecule has 0 aliphatic rings. The Kier molecular flexibility index (Phi) is 6.48. The van der Waals surface area contributed by atoms with Gasteiger partial charge in [-0.2, -0.15) is 0 Å². The van der Waals surface area contributed by atoms with Crippen LogP contribution in [0.1, 0.15) is 39.5 Å². The van der Waals surface area contributed by atoms with Gasteiger partial charge in [0, 0.05) is 0 Å². The Morgan fingerprint density at radius 3 is 2.36 bits per heavy atom. The lowest BCUT2D eigenvalue weighted by Gasteiger charge is -2.11. The van der Waals surface area contributed by atoms with Gasteiger partial charge in [-0.1, -0.05) is 20.3 Å². The third-order valence-corrected chi connectivity index (χ3v) is 1.86. The molecule has 11 heavy (non-hydrogen) atoms. The Morgan fingerprint density at radius 1 is 1.27 bits per heavy atom. The van der Waals surface area contributed by atoms with Gasteiger partial charge in [-0.05, 0) is 25.2 Å². The van der Waals surface area contributed by atoms with Crippen molar-refractivity contribution in [2.75, 3.05) is 6.67 Å². The third-order valence-electron chi connectivity index (χ3n) is 1.86. The van der Waals surface area contributed by atoms with Gasteiger partial charge in [0.2, 0.25) is 0 Å². The van der Waals surface area contributed by atoms with Crippen LogP contribution in [0, 0.1) is 5.92 Å². The number of rotatable bonds is 6. The maximum absolute atomic E-state index is 12.9. The predicted molar refractivity (Wildman–Crippen MR) is 44.2 cm³/mol. The summed E-state index contributed by atoms with van der Waals surface area (Å²) in [5.74, 6) is 0.196. The van der Waals surface area contributed by atoms with E-state index >= 15 is 0 Å². The molecule has 2 heteroatoms. The fourth-order valence-corrected chi connectivity index (χ4v) is 1.17. The minimum atomic E-state index is -0.721. The third kappa shape index (κ3) is 6.27. The first-order valence-corrected chi connectivity index (χ1v) is 4.40. The van der Waals surface area contributed by atoms with Gasteiger partial charge in [0.05, 0.1) is 6.67 Å². The average Bonchev–Trinajstić information content (AvgIpc) is 1.87. The highest BCUT2D eigenvalue weighted by Gasteiger charge is 2.10. The largest absolute Gasteiger partial charge is 0.251 e. The van der Waals surface area contributed by atoms with Crippen molar-refractivity contribution in [2.45, 2.75) is 45.7 Å². The summed E-state index contributed by atoms with van der Waals surface area (Å²) in [5.41, 5.74) is 0. The smallest absolute Gasteiger partial charge is 0.100 e. The van der Waals surface area contributed by atoms with Crippen molar-refractivity contribution < 1.29 is 8.78 Å². The first-order valence-electron chi connectivity index (χ1n) is 4.40. The number of hydrogen-bond donors (Lipinski definition) is 0. The summed E-state index contributed by atoms with van der Waals surface area (Å²) in [6, 6.07) is 0. The molecule has 0 saturated carbocycles. The van der Waals surface area contributed by atoms with Gasteiger partial charge in [0.25, 0.3) is 0 Å². The van der Waals surface area contributed by atoms with Crippen LogP contribution in [0.15, 0.2) is 0 Å². The van der Waals surface area contributed by atoms with E-state index in [1.54, 1.807) is 0 Å². The van der Waals surface area contributed by atoms with Crippen LogP contribution >= 0.6 is 0 Å². The second kappa shape index (κ2) is 6.56. The molecule has 0 aromatic carbocycles. The maximum atomic E-state index is 12.9. The second-order valence-corrected chi connectivity index (χ2v) is 3.20. The fraction of sp³-hybridized carbons (Fsp3) is 1.00. The topological polar surface area (TPSA) is 0 Å². The quantitative estimate of drug-likeness (QED) is 0.563. The van der Waals surface area contributed by atoms with Gasteiger partial charge in [-0.3, -0.25) is 4.39 Å². The van der Waals surface area contributed by atoms with Crippen LogP contribution in [0.4, 0.5) is 8.78 Å². The minimum absolute atomic E-state index is 0.196. The van der Waals surface area contributed by atoms with Crippen molar-refractivity contribution in [2.24, 2.45) is 5.92 Å². The normalized spacial score (nSPS) is 16.4. The molecule has 0 saturated heterocycles. The zero-order valence-electron chi connectivity index (χ0n) is 7.45. The first-order chi connectivity index (χ1) is 5.20. The van der Waals surface area contributed by atoms with E-state index in [4.69, 9.17) is 0 Å². The van der Waals surface area contributed by atoms with Crippen LogP contribution in [0.25, 0.3) is 0 Å². The van der Waals surface area contributed by atoms with Crippen molar-refractivity contribution in [1.29, 1.82) is 0 Å². The summed E-state index contributed by atoms with van der Waals surface area (Å²) in [6.45, 7) is 3.55. The van der Waals surface area contributed by atoms with Gasteiger partial charge in [-0.15, -0.1) is 0 Å². The Bertz CT molecular complexity index is 73.6. The van der Waals surface area contributed by atoms with Crippen LogP contribution in [0.5, 0.6) is 0 Å². The summed E-state index contributed by atoms with van der Waals surface area (Å²) in [4.78, 5) is 0. The molecular formula is C9H18F2. The molecular weight excluding hydrogens is 146 g/mol. The van der Waals surface area contributed by atoms with Gasteiger partial charge in [0.1, 0.15) is 6.17 Å². The van der Waals surface area contributed by atoms with Gasteiger partial charge >= 0.3 is 0 Å². The summed E-state index contributed by atoms with van der Waals surface area (Å²) in [5, 5.41) is 0. The van der Waals surface area contributed by atoms with E-state index in [9.17, 15) is 8.78 Å². The molecule has 0 amide bonds. The van der Waals surface area contributed by atoms with Crippen LogP contribution in [0.3, 0.4) is 0 Å². The molecule has 0 aromatic heterocycles. The molecule has 0 nitrogen and oxygen atoms in total. The lowest BCUT2D eigenvalue weighted by Crippen LogP contribution is -2.07. The summed E-state index contributed by atoms with van der Waals surface area (Å²) in [6.07, 6.45) is 1.81. The monoisotopic (exact) mass is 164 g/mol. The van der Waals surface area contributed by atoms with Crippen molar-refractivity contribution >= 4 is 0 Å². The SMILES string of the molecule is CCCC(F)CC(C)CCF. The molecule has 0 aromatic rings. The molecule has 0 bridgehead atoms. The maximum Gasteiger partial charge on any atom is 0.100 e. The zero-order valence-corrected chi connectivity index (χ0v) is 7.45. The Balaban J connectivity index is 3.32. The molecule has 0 fully saturated rings. The standard InChI is InChI=1S/C9H18F2/c1-3-4-9(11)7-8(2)5-6-10/h8-9H,3-7H2,1-2H3. The molecule has 0 aliphatic heterocycles. The highest BCUT2D eigenvalue weighted by molar-refractivity contribution is 4.61. The van der Waals surface area contributed by atoms with E-state index in [-0.39, 0.29) is 12.6 Å². The summed E-state index contributed by atoms with van der Waals surface area (Å²) in [7, 11) is 0. The summed E-state index contributed by atoms with van der Waals surface area (Å²) < 4.78 is 24.6. The van der Waals surface area contributed by atoms with E-state index in [1.807, 2.05) is 13.8 Å². The highest BCUT2D eigenvalue weighted by atomic mass is 19.1. The number of alkyl halides is 2. The van der Waals surface area contributed by atoms with Crippen molar-refractivity contribution in [3.63, 3.8) is 0 Å². The van der Waals surface area contributed by atoms with Crippen molar-refractivity contribution in [3.05, 3.63) is 0 Å². The second-order valence-electron chi connectivity index (χ2n) is 3.20. The predicted octanol–water partition coefficient (Wildman–Crippen LogP) is 3.51.